The molecule has 1 aromatic heterocycles. The van der Waals surface area contributed by atoms with Crippen molar-refractivity contribution in [3.05, 3.63) is 47.4 Å². The number of hydrogen-bond acceptors (Lipinski definition) is 4. The van der Waals surface area contributed by atoms with Gasteiger partial charge in [0.15, 0.2) is 0 Å². The van der Waals surface area contributed by atoms with Crippen molar-refractivity contribution in [2.75, 3.05) is 5.73 Å². The Morgan fingerprint density at radius 2 is 2.25 bits per heavy atom. The quantitative estimate of drug-likeness (QED) is 0.453. The van der Waals surface area contributed by atoms with Gasteiger partial charge in [-0.15, -0.1) is 0 Å². The molecule has 0 saturated heterocycles. The van der Waals surface area contributed by atoms with Gasteiger partial charge in [0.05, 0.1) is 12.2 Å². The molecule has 0 spiro atoms. The maximum Gasteiger partial charge on any atom is 0.124 e. The van der Waals surface area contributed by atoms with Gasteiger partial charge in [0.1, 0.15) is 11.6 Å². The molecule has 0 aliphatic heterocycles. The van der Waals surface area contributed by atoms with Gasteiger partial charge in [0.2, 0.25) is 0 Å². The summed E-state index contributed by atoms with van der Waals surface area (Å²) in [6.45, 7) is 0. The second kappa shape index (κ2) is 4.30. The molecule has 5 nitrogen and oxygen atoms in total. The van der Waals surface area contributed by atoms with E-state index in [-0.39, 0.29) is 11.9 Å². The summed E-state index contributed by atoms with van der Waals surface area (Å²) in [7, 11) is 0. The lowest BCUT2D eigenvalue weighted by atomic mass is 10.0. The number of aromatic nitrogens is 2. The minimum absolute atomic E-state index is 0.320. The van der Waals surface area contributed by atoms with Crippen molar-refractivity contribution in [3.63, 3.8) is 0 Å². The first kappa shape index (κ1) is 10.6. The third kappa shape index (κ3) is 1.88. The number of benzene rings is 1. The number of hydrogen-bond donors (Lipinski definition) is 4. The first-order valence-corrected chi connectivity index (χ1v) is 4.72. The monoisotopic (exact) mass is 221 g/mol. The lowest BCUT2D eigenvalue weighted by Crippen LogP contribution is -2.29. The van der Waals surface area contributed by atoms with Crippen LogP contribution >= 0.6 is 0 Å². The summed E-state index contributed by atoms with van der Waals surface area (Å²) in [5.74, 6) is 5.54. The molecule has 2 aromatic rings. The van der Waals surface area contributed by atoms with Gasteiger partial charge in [-0.25, -0.2) is 9.82 Å². The molecule has 2 rings (SSSR count). The lowest BCUT2D eigenvalue weighted by molar-refractivity contribution is 0.606. The highest BCUT2D eigenvalue weighted by Gasteiger charge is 2.16. The zero-order valence-electron chi connectivity index (χ0n) is 8.44. The Morgan fingerprint density at radius 3 is 2.81 bits per heavy atom. The van der Waals surface area contributed by atoms with Crippen molar-refractivity contribution < 1.29 is 4.39 Å². The van der Waals surface area contributed by atoms with E-state index >= 15 is 0 Å². The SMILES string of the molecule is NNC(c1cccc(F)c1)c1cn[nH]c1N. The Bertz CT molecular complexity index is 482. The highest BCUT2D eigenvalue weighted by Crippen LogP contribution is 2.24. The van der Waals surface area contributed by atoms with Gasteiger partial charge < -0.3 is 5.73 Å². The van der Waals surface area contributed by atoms with E-state index in [1.165, 1.54) is 12.1 Å². The topological polar surface area (TPSA) is 92.7 Å². The first-order valence-electron chi connectivity index (χ1n) is 4.72. The fourth-order valence-corrected chi connectivity index (χ4v) is 1.59. The zero-order chi connectivity index (χ0) is 11.5. The molecule has 0 aliphatic carbocycles. The molecule has 1 unspecified atom stereocenters. The smallest absolute Gasteiger partial charge is 0.124 e. The van der Waals surface area contributed by atoms with E-state index in [2.05, 4.69) is 15.6 Å². The number of anilines is 1. The number of nitrogens with zero attached hydrogens (tertiary/aromatic N) is 1. The fourth-order valence-electron chi connectivity index (χ4n) is 1.59. The Balaban J connectivity index is 2.40. The number of nitrogens with two attached hydrogens (primary N) is 2. The van der Waals surface area contributed by atoms with Gasteiger partial charge in [0, 0.05) is 5.56 Å². The van der Waals surface area contributed by atoms with Crippen LogP contribution in [-0.2, 0) is 0 Å². The summed E-state index contributed by atoms with van der Waals surface area (Å²) < 4.78 is 13.1. The summed E-state index contributed by atoms with van der Waals surface area (Å²) >= 11 is 0. The maximum absolute atomic E-state index is 13.1. The summed E-state index contributed by atoms with van der Waals surface area (Å²) in [5.41, 5.74) is 9.65. The van der Waals surface area contributed by atoms with Crippen LogP contribution in [0.25, 0.3) is 0 Å². The largest absolute Gasteiger partial charge is 0.384 e. The fraction of sp³-hybridized carbons (Fsp3) is 0.100. The average Bonchev–Trinajstić information content (AvgIpc) is 2.67. The second-order valence-electron chi connectivity index (χ2n) is 3.39. The Hall–Kier alpha value is -1.92. The van der Waals surface area contributed by atoms with Gasteiger partial charge in [0.25, 0.3) is 0 Å². The van der Waals surface area contributed by atoms with Crippen molar-refractivity contribution in [2.45, 2.75) is 6.04 Å². The average molecular weight is 221 g/mol. The number of nitrogen functional groups attached to an aromatic ring is 1. The van der Waals surface area contributed by atoms with Crippen molar-refractivity contribution in [2.24, 2.45) is 5.84 Å². The molecule has 0 fully saturated rings. The van der Waals surface area contributed by atoms with Crippen LogP contribution in [0.15, 0.2) is 30.5 Å². The van der Waals surface area contributed by atoms with Crippen molar-refractivity contribution in [1.82, 2.24) is 15.6 Å². The van der Waals surface area contributed by atoms with Crippen molar-refractivity contribution in [1.29, 1.82) is 0 Å². The highest BCUT2D eigenvalue weighted by molar-refractivity contribution is 5.44. The van der Waals surface area contributed by atoms with E-state index in [0.717, 1.165) is 0 Å². The molecular formula is C10H12FN5. The van der Waals surface area contributed by atoms with Crippen LogP contribution in [0.2, 0.25) is 0 Å². The lowest BCUT2D eigenvalue weighted by Gasteiger charge is -2.15. The zero-order valence-corrected chi connectivity index (χ0v) is 8.44. The van der Waals surface area contributed by atoms with Gasteiger partial charge >= 0.3 is 0 Å². The molecule has 1 aromatic carbocycles. The maximum atomic E-state index is 13.1. The molecule has 16 heavy (non-hydrogen) atoms. The van der Waals surface area contributed by atoms with Gasteiger partial charge in [-0.3, -0.25) is 10.9 Å². The van der Waals surface area contributed by atoms with Crippen molar-refractivity contribution in [3.8, 4) is 0 Å². The van der Waals surface area contributed by atoms with E-state index in [4.69, 9.17) is 11.6 Å². The summed E-state index contributed by atoms with van der Waals surface area (Å²) in [5, 5.41) is 6.41. The standard InChI is InChI=1S/C10H12FN5/c11-7-3-1-2-6(4-7)9(15-13)8-5-14-16-10(8)12/h1-5,9,15H,13H2,(H3,12,14,16). The van der Waals surface area contributed by atoms with Crippen LogP contribution in [0.3, 0.4) is 0 Å². The number of halogens is 1. The molecule has 6 heteroatoms. The number of nitrogens with one attached hydrogen (secondary N) is 2. The summed E-state index contributed by atoms with van der Waals surface area (Å²) in [4.78, 5) is 0. The molecular weight excluding hydrogens is 209 g/mol. The van der Waals surface area contributed by atoms with Crippen LogP contribution in [0.1, 0.15) is 17.2 Å². The highest BCUT2D eigenvalue weighted by atomic mass is 19.1. The minimum atomic E-state index is -0.380. The molecule has 0 saturated carbocycles. The summed E-state index contributed by atoms with van der Waals surface area (Å²) in [6.07, 6.45) is 1.56. The third-order valence-electron chi connectivity index (χ3n) is 2.36. The molecule has 0 radical (unpaired) electrons. The second-order valence-corrected chi connectivity index (χ2v) is 3.39. The molecule has 84 valence electrons. The van der Waals surface area contributed by atoms with E-state index in [1.807, 2.05) is 0 Å². The van der Waals surface area contributed by atoms with Crippen LogP contribution in [0.5, 0.6) is 0 Å². The molecule has 1 atom stereocenters. The number of hydrazine groups is 1. The van der Waals surface area contributed by atoms with Crippen LogP contribution in [0.4, 0.5) is 10.2 Å². The Labute approximate surface area is 91.6 Å². The van der Waals surface area contributed by atoms with Crippen LogP contribution in [0, 0.1) is 5.82 Å². The third-order valence-corrected chi connectivity index (χ3v) is 2.36. The summed E-state index contributed by atoms with van der Waals surface area (Å²) in [6, 6.07) is 5.77. The number of rotatable bonds is 3. The molecule has 1 heterocycles. The van der Waals surface area contributed by atoms with E-state index in [9.17, 15) is 4.39 Å². The molecule has 0 aliphatic rings. The number of aromatic amines is 1. The predicted octanol–water partition coefficient (Wildman–Crippen LogP) is 0.684. The Morgan fingerprint density at radius 1 is 1.44 bits per heavy atom. The van der Waals surface area contributed by atoms with E-state index in [1.54, 1.807) is 18.3 Å². The minimum Gasteiger partial charge on any atom is -0.384 e. The van der Waals surface area contributed by atoms with Gasteiger partial charge in [-0.2, -0.15) is 5.10 Å². The van der Waals surface area contributed by atoms with E-state index in [0.29, 0.717) is 16.9 Å². The molecule has 6 N–H and O–H groups in total. The normalized spacial score (nSPS) is 12.6. The van der Waals surface area contributed by atoms with E-state index < -0.39 is 0 Å². The van der Waals surface area contributed by atoms with Crippen molar-refractivity contribution >= 4 is 5.82 Å². The van der Waals surface area contributed by atoms with Crippen LogP contribution in [-0.4, -0.2) is 10.2 Å². The first-order chi connectivity index (χ1) is 7.72. The predicted molar refractivity (Wildman–Crippen MR) is 58.6 cm³/mol. The number of H-pyrrole nitrogens is 1. The van der Waals surface area contributed by atoms with Crippen LogP contribution < -0.4 is 17.0 Å². The van der Waals surface area contributed by atoms with Gasteiger partial charge in [-0.1, -0.05) is 12.1 Å². The molecule has 0 amide bonds. The van der Waals surface area contributed by atoms with Gasteiger partial charge in [-0.05, 0) is 17.7 Å². The molecule has 0 bridgehead atoms. The Kier molecular flexibility index (Phi) is 2.84.